The molecule has 6 heteroatoms. The fourth-order valence-corrected chi connectivity index (χ4v) is 2.40. The van der Waals surface area contributed by atoms with E-state index < -0.39 is 0 Å². The monoisotopic (exact) mass is 286 g/mol. The lowest BCUT2D eigenvalue weighted by molar-refractivity contribution is -0.117. The number of carbonyl (C=O) groups is 1. The number of hydrogen-bond acceptors (Lipinski definition) is 5. The van der Waals surface area contributed by atoms with Gasteiger partial charge in [-0.15, -0.1) is 10.2 Å². The van der Waals surface area contributed by atoms with Crippen LogP contribution in [-0.4, -0.2) is 21.1 Å². The molecule has 1 amide bonds. The smallest absolute Gasteiger partial charge is 0.228 e. The van der Waals surface area contributed by atoms with E-state index in [1.165, 1.54) is 0 Å². The van der Waals surface area contributed by atoms with Crippen LogP contribution in [0, 0.1) is 5.92 Å². The van der Waals surface area contributed by atoms with Crippen molar-refractivity contribution in [2.45, 2.75) is 23.6 Å². The number of carbonyl (C=O) groups excluding carboxylic acids is 1. The Kier molecular flexibility index (Phi) is 3.92. The first-order valence-electron chi connectivity index (χ1n) is 6.48. The van der Waals surface area contributed by atoms with Gasteiger partial charge in [-0.05, 0) is 37.1 Å². The van der Waals surface area contributed by atoms with Gasteiger partial charge in [-0.2, -0.15) is 0 Å². The fourth-order valence-electron chi connectivity index (χ4n) is 1.67. The van der Waals surface area contributed by atoms with Gasteiger partial charge in [-0.25, -0.2) is 0 Å². The van der Waals surface area contributed by atoms with E-state index in [0.717, 1.165) is 29.3 Å². The Morgan fingerprint density at radius 2 is 2.15 bits per heavy atom. The van der Waals surface area contributed by atoms with Crippen LogP contribution in [0.4, 0.5) is 5.82 Å². The molecule has 2 aromatic rings. The van der Waals surface area contributed by atoms with E-state index in [0.29, 0.717) is 5.82 Å². The third-order valence-corrected chi connectivity index (χ3v) is 3.89. The van der Waals surface area contributed by atoms with Crippen LogP contribution < -0.4 is 5.32 Å². The number of nitrogens with one attached hydrogen (secondary N) is 1. The molecule has 0 atom stereocenters. The van der Waals surface area contributed by atoms with E-state index in [9.17, 15) is 4.79 Å². The zero-order valence-corrected chi connectivity index (χ0v) is 11.6. The van der Waals surface area contributed by atoms with Crippen molar-refractivity contribution in [3.63, 3.8) is 0 Å². The Labute approximate surface area is 121 Å². The number of thioether (sulfide) groups is 1. The molecule has 2 heterocycles. The van der Waals surface area contributed by atoms with Crippen molar-refractivity contribution >= 4 is 23.5 Å². The summed E-state index contributed by atoms with van der Waals surface area (Å²) < 4.78 is 0. The maximum atomic E-state index is 11.6. The first-order valence-corrected chi connectivity index (χ1v) is 7.47. The lowest BCUT2D eigenvalue weighted by Crippen LogP contribution is -2.14. The number of rotatable bonds is 5. The van der Waals surface area contributed by atoms with E-state index in [1.807, 2.05) is 24.3 Å². The minimum Gasteiger partial charge on any atom is -0.309 e. The molecule has 1 aliphatic carbocycles. The normalized spacial score (nSPS) is 14.0. The van der Waals surface area contributed by atoms with Gasteiger partial charge in [-0.1, -0.05) is 17.8 Å². The van der Waals surface area contributed by atoms with Crippen molar-refractivity contribution in [2.75, 3.05) is 5.32 Å². The lowest BCUT2D eigenvalue weighted by atomic mass is 10.4. The standard InChI is InChI=1S/C14H14N4OS/c19-14(10-4-5-10)16-12-6-7-13(18-17-12)20-9-11-3-1-2-8-15-11/h1-3,6-8,10H,4-5,9H2,(H,16,17,19). The molecule has 0 aliphatic heterocycles. The highest BCUT2D eigenvalue weighted by Crippen LogP contribution is 2.30. The van der Waals surface area contributed by atoms with Gasteiger partial charge in [0.15, 0.2) is 5.82 Å². The van der Waals surface area contributed by atoms with Crippen LogP contribution in [0.2, 0.25) is 0 Å². The molecule has 20 heavy (non-hydrogen) atoms. The average molecular weight is 286 g/mol. The molecule has 1 fully saturated rings. The van der Waals surface area contributed by atoms with Crippen molar-refractivity contribution in [3.8, 4) is 0 Å². The Morgan fingerprint density at radius 1 is 1.25 bits per heavy atom. The van der Waals surface area contributed by atoms with Crippen LogP contribution in [0.15, 0.2) is 41.6 Å². The predicted octanol–water partition coefficient (Wildman–Crippen LogP) is 2.51. The van der Waals surface area contributed by atoms with Crippen LogP contribution in [-0.2, 0) is 10.5 Å². The van der Waals surface area contributed by atoms with E-state index >= 15 is 0 Å². The second kappa shape index (κ2) is 6.00. The second-order valence-corrected chi connectivity index (χ2v) is 5.63. The molecule has 0 radical (unpaired) electrons. The molecule has 2 aromatic heterocycles. The Hall–Kier alpha value is -1.95. The third-order valence-electron chi connectivity index (χ3n) is 2.93. The van der Waals surface area contributed by atoms with E-state index in [2.05, 4.69) is 20.5 Å². The van der Waals surface area contributed by atoms with Crippen LogP contribution in [0.1, 0.15) is 18.5 Å². The molecule has 3 rings (SSSR count). The number of nitrogens with zero attached hydrogens (tertiary/aromatic N) is 3. The summed E-state index contributed by atoms with van der Waals surface area (Å²) in [6, 6.07) is 9.48. The summed E-state index contributed by atoms with van der Waals surface area (Å²) in [4.78, 5) is 15.8. The molecule has 1 N–H and O–H groups in total. The van der Waals surface area contributed by atoms with Crippen LogP contribution in [0.3, 0.4) is 0 Å². The van der Waals surface area contributed by atoms with E-state index in [-0.39, 0.29) is 11.8 Å². The SMILES string of the molecule is O=C(Nc1ccc(SCc2ccccn2)nn1)C1CC1. The van der Waals surface area contributed by atoms with Gasteiger partial charge < -0.3 is 5.32 Å². The zero-order valence-electron chi connectivity index (χ0n) is 10.8. The molecule has 0 aromatic carbocycles. The minimum atomic E-state index is 0.0492. The zero-order chi connectivity index (χ0) is 13.8. The first kappa shape index (κ1) is 13.1. The van der Waals surface area contributed by atoms with Gasteiger partial charge in [-0.3, -0.25) is 9.78 Å². The summed E-state index contributed by atoms with van der Waals surface area (Å²) in [5.41, 5.74) is 1.01. The Balaban J connectivity index is 1.54. The molecule has 0 spiro atoms. The summed E-state index contributed by atoms with van der Waals surface area (Å²) in [7, 11) is 0. The van der Waals surface area contributed by atoms with Crippen LogP contribution in [0.5, 0.6) is 0 Å². The number of hydrogen-bond donors (Lipinski definition) is 1. The summed E-state index contributed by atoms with van der Waals surface area (Å²) in [6.07, 6.45) is 3.74. The number of pyridine rings is 1. The van der Waals surface area contributed by atoms with Crippen molar-refractivity contribution in [3.05, 3.63) is 42.2 Å². The third kappa shape index (κ3) is 3.54. The minimum absolute atomic E-state index is 0.0492. The molecule has 0 unspecified atom stereocenters. The van der Waals surface area contributed by atoms with Gasteiger partial charge in [0.2, 0.25) is 5.91 Å². The largest absolute Gasteiger partial charge is 0.309 e. The highest BCUT2D eigenvalue weighted by Gasteiger charge is 2.29. The van der Waals surface area contributed by atoms with E-state index in [1.54, 1.807) is 24.0 Å². The second-order valence-electron chi connectivity index (χ2n) is 4.63. The first-order chi connectivity index (χ1) is 9.81. The highest BCUT2D eigenvalue weighted by atomic mass is 32.2. The fraction of sp³-hybridized carbons (Fsp3) is 0.286. The highest BCUT2D eigenvalue weighted by molar-refractivity contribution is 7.98. The van der Waals surface area contributed by atoms with E-state index in [4.69, 9.17) is 0 Å². The topological polar surface area (TPSA) is 67.8 Å². The maximum absolute atomic E-state index is 11.6. The van der Waals surface area contributed by atoms with Gasteiger partial charge in [0.05, 0.1) is 5.69 Å². The number of anilines is 1. The van der Waals surface area contributed by atoms with Crippen LogP contribution in [0.25, 0.3) is 0 Å². The number of aromatic nitrogens is 3. The Morgan fingerprint density at radius 3 is 2.80 bits per heavy atom. The molecule has 0 saturated heterocycles. The van der Waals surface area contributed by atoms with Crippen LogP contribution >= 0.6 is 11.8 Å². The van der Waals surface area contributed by atoms with Crippen molar-refractivity contribution in [2.24, 2.45) is 5.92 Å². The van der Waals surface area contributed by atoms with Gasteiger partial charge in [0.1, 0.15) is 5.03 Å². The molecule has 102 valence electrons. The Bertz CT molecular complexity index is 584. The predicted molar refractivity (Wildman–Crippen MR) is 77.2 cm³/mol. The average Bonchev–Trinajstić information content (AvgIpc) is 3.32. The summed E-state index contributed by atoms with van der Waals surface area (Å²) in [5, 5.41) is 11.7. The van der Waals surface area contributed by atoms with Crippen molar-refractivity contribution in [1.29, 1.82) is 0 Å². The molecule has 1 saturated carbocycles. The molecule has 5 nitrogen and oxygen atoms in total. The number of amides is 1. The summed E-state index contributed by atoms with van der Waals surface area (Å²) in [6.45, 7) is 0. The van der Waals surface area contributed by atoms with Crippen molar-refractivity contribution in [1.82, 2.24) is 15.2 Å². The van der Waals surface area contributed by atoms with Gasteiger partial charge in [0.25, 0.3) is 0 Å². The maximum Gasteiger partial charge on any atom is 0.228 e. The van der Waals surface area contributed by atoms with Gasteiger partial charge in [0, 0.05) is 17.9 Å². The molecule has 0 bridgehead atoms. The molecule has 1 aliphatic rings. The van der Waals surface area contributed by atoms with Gasteiger partial charge >= 0.3 is 0 Å². The van der Waals surface area contributed by atoms with Crippen molar-refractivity contribution < 1.29 is 4.79 Å². The molecular formula is C14H14N4OS. The quantitative estimate of drug-likeness (QED) is 0.855. The molecular weight excluding hydrogens is 272 g/mol. The lowest BCUT2D eigenvalue weighted by Gasteiger charge is -2.03. The summed E-state index contributed by atoms with van der Waals surface area (Å²) >= 11 is 1.57. The summed E-state index contributed by atoms with van der Waals surface area (Å²) in [5.74, 6) is 1.50.